The van der Waals surface area contributed by atoms with Crippen LogP contribution in [0, 0.1) is 0 Å². The molecule has 2 rings (SSSR count). The zero-order valence-corrected chi connectivity index (χ0v) is 13.7. The van der Waals surface area contributed by atoms with Gasteiger partial charge in [0.25, 0.3) is 0 Å². The van der Waals surface area contributed by atoms with Crippen LogP contribution in [-0.2, 0) is 21.3 Å². The van der Waals surface area contributed by atoms with Gasteiger partial charge in [0.2, 0.25) is 10.0 Å². The first-order valence-corrected chi connectivity index (χ1v) is 8.81. The Morgan fingerprint density at radius 3 is 2.52 bits per heavy atom. The number of nitrogens with one attached hydrogen (secondary N) is 2. The number of sulfonamides is 1. The molecule has 0 bridgehead atoms. The van der Waals surface area contributed by atoms with Gasteiger partial charge in [-0.2, -0.15) is 0 Å². The summed E-state index contributed by atoms with van der Waals surface area (Å²) in [5.41, 5.74) is 0.529. The highest BCUT2D eigenvalue weighted by Gasteiger charge is 2.40. The average molecular weight is 312 g/mol. The van der Waals surface area contributed by atoms with Gasteiger partial charge < -0.3 is 10.1 Å². The third-order valence-electron chi connectivity index (χ3n) is 4.07. The van der Waals surface area contributed by atoms with Crippen LogP contribution >= 0.6 is 0 Å². The highest BCUT2D eigenvalue weighted by Crippen LogP contribution is 2.27. The smallest absolute Gasteiger partial charge is 0.241 e. The second-order valence-electron chi connectivity index (χ2n) is 5.71. The number of hydrogen-bond acceptors (Lipinski definition) is 4. The van der Waals surface area contributed by atoms with Crippen LogP contribution in [0.5, 0.6) is 0 Å². The van der Waals surface area contributed by atoms with E-state index in [2.05, 4.69) is 10.0 Å². The van der Waals surface area contributed by atoms with Gasteiger partial charge in [0.05, 0.1) is 16.5 Å². The summed E-state index contributed by atoms with van der Waals surface area (Å²) in [5.74, 6) is 0. The highest BCUT2D eigenvalue weighted by atomic mass is 32.2. The molecule has 1 aromatic carbocycles. The van der Waals surface area contributed by atoms with Crippen molar-refractivity contribution in [3.8, 4) is 0 Å². The Morgan fingerprint density at radius 2 is 2.00 bits per heavy atom. The first-order valence-electron chi connectivity index (χ1n) is 7.32. The van der Waals surface area contributed by atoms with E-state index in [-0.39, 0.29) is 6.10 Å². The van der Waals surface area contributed by atoms with E-state index in [4.69, 9.17) is 4.74 Å². The summed E-state index contributed by atoms with van der Waals surface area (Å²) in [5, 5.41) is 3.21. The van der Waals surface area contributed by atoms with Crippen molar-refractivity contribution in [2.75, 3.05) is 13.2 Å². The Kier molecular flexibility index (Phi) is 5.03. The number of rotatable bonds is 6. The summed E-state index contributed by atoms with van der Waals surface area (Å²) in [6.07, 6.45) is 0.562. The molecular weight excluding hydrogens is 288 g/mol. The molecule has 1 heterocycles. The second-order valence-corrected chi connectivity index (χ2v) is 7.39. The number of benzene rings is 1. The van der Waals surface area contributed by atoms with Crippen molar-refractivity contribution in [1.29, 1.82) is 0 Å². The average Bonchev–Trinajstić information content (AvgIpc) is 2.75. The number of hydrogen-bond donors (Lipinski definition) is 2. The molecule has 0 spiro atoms. The van der Waals surface area contributed by atoms with Crippen LogP contribution in [0.4, 0.5) is 0 Å². The van der Waals surface area contributed by atoms with Crippen molar-refractivity contribution in [1.82, 2.24) is 10.0 Å². The van der Waals surface area contributed by atoms with Crippen LogP contribution in [0.15, 0.2) is 29.2 Å². The minimum atomic E-state index is -3.52. The van der Waals surface area contributed by atoms with Gasteiger partial charge in [-0.25, -0.2) is 13.1 Å². The molecule has 2 N–H and O–H groups in total. The molecule has 0 radical (unpaired) electrons. The molecule has 1 aliphatic heterocycles. The molecule has 118 valence electrons. The van der Waals surface area contributed by atoms with Crippen molar-refractivity contribution >= 4 is 10.0 Å². The molecule has 2 unspecified atom stereocenters. The molecule has 1 saturated heterocycles. The predicted molar refractivity (Wildman–Crippen MR) is 82.6 cm³/mol. The third kappa shape index (κ3) is 3.83. The van der Waals surface area contributed by atoms with Crippen LogP contribution in [-0.4, -0.2) is 33.2 Å². The zero-order valence-electron chi connectivity index (χ0n) is 12.8. The molecule has 0 aliphatic carbocycles. The Hall–Kier alpha value is -0.950. The quantitative estimate of drug-likeness (QED) is 0.838. The van der Waals surface area contributed by atoms with Crippen molar-refractivity contribution < 1.29 is 13.2 Å². The lowest BCUT2D eigenvalue weighted by Gasteiger charge is -2.28. The van der Waals surface area contributed by atoms with E-state index in [0.717, 1.165) is 18.7 Å². The molecule has 0 aromatic heterocycles. The van der Waals surface area contributed by atoms with E-state index >= 15 is 0 Å². The molecule has 0 amide bonds. The molecule has 1 aliphatic rings. The molecule has 2 atom stereocenters. The van der Waals surface area contributed by atoms with E-state index in [1.165, 1.54) is 0 Å². The highest BCUT2D eigenvalue weighted by molar-refractivity contribution is 7.89. The monoisotopic (exact) mass is 312 g/mol. The van der Waals surface area contributed by atoms with Gasteiger partial charge in [0, 0.05) is 13.2 Å². The van der Waals surface area contributed by atoms with Gasteiger partial charge in [-0.3, -0.25) is 0 Å². The second kappa shape index (κ2) is 6.44. The van der Waals surface area contributed by atoms with Gasteiger partial charge in [-0.05, 0) is 44.5 Å². The van der Waals surface area contributed by atoms with Crippen molar-refractivity contribution in [2.24, 2.45) is 0 Å². The molecule has 6 heteroatoms. The Bertz CT molecular complexity index is 571. The minimum Gasteiger partial charge on any atom is -0.376 e. The van der Waals surface area contributed by atoms with Gasteiger partial charge in [-0.15, -0.1) is 0 Å². The Morgan fingerprint density at radius 1 is 1.33 bits per heavy atom. The predicted octanol–water partition coefficient (Wildman–Crippen LogP) is 1.64. The number of ether oxygens (including phenoxy) is 1. The fraction of sp³-hybridized carbons (Fsp3) is 0.600. The standard InChI is InChI=1S/C15H24N2O3S/c1-4-16-11-13-5-7-14(8-6-13)21(18,19)17-15(3)9-10-20-12(15)2/h5-8,12,16-17H,4,9-11H2,1-3H3. The van der Waals surface area contributed by atoms with Crippen LogP contribution in [0.1, 0.15) is 32.8 Å². The van der Waals surface area contributed by atoms with Crippen LogP contribution in [0.25, 0.3) is 0 Å². The summed E-state index contributed by atoms with van der Waals surface area (Å²) >= 11 is 0. The molecule has 1 aromatic rings. The van der Waals surface area contributed by atoms with Crippen molar-refractivity contribution in [3.05, 3.63) is 29.8 Å². The lowest BCUT2D eigenvalue weighted by Crippen LogP contribution is -2.50. The Labute approximate surface area is 127 Å². The largest absolute Gasteiger partial charge is 0.376 e. The first-order chi connectivity index (χ1) is 9.87. The van der Waals surface area contributed by atoms with E-state index in [1.807, 2.05) is 32.9 Å². The minimum absolute atomic E-state index is 0.125. The van der Waals surface area contributed by atoms with Gasteiger partial charge in [0.15, 0.2) is 0 Å². The molecule has 5 nitrogen and oxygen atoms in total. The normalized spacial score (nSPS) is 26.1. The first kappa shape index (κ1) is 16.4. The molecule has 0 saturated carbocycles. The fourth-order valence-corrected chi connectivity index (χ4v) is 3.88. The SMILES string of the molecule is CCNCc1ccc(S(=O)(=O)NC2(C)CCOC2C)cc1. The van der Waals surface area contributed by atoms with Crippen LogP contribution in [0.3, 0.4) is 0 Å². The van der Waals surface area contributed by atoms with Gasteiger partial charge in [-0.1, -0.05) is 19.1 Å². The summed E-state index contributed by atoms with van der Waals surface area (Å²) < 4.78 is 33.2. The van der Waals surface area contributed by atoms with Crippen LogP contribution < -0.4 is 10.0 Å². The fourth-order valence-electron chi connectivity index (χ4n) is 2.39. The Balaban J connectivity index is 2.12. The molecule has 21 heavy (non-hydrogen) atoms. The topological polar surface area (TPSA) is 67.4 Å². The van der Waals surface area contributed by atoms with E-state index in [9.17, 15) is 8.42 Å². The van der Waals surface area contributed by atoms with Gasteiger partial charge in [0.1, 0.15) is 0 Å². The molecule has 1 fully saturated rings. The summed E-state index contributed by atoms with van der Waals surface area (Å²) in [7, 11) is -3.52. The maximum absolute atomic E-state index is 12.5. The zero-order chi connectivity index (χ0) is 15.5. The van der Waals surface area contributed by atoms with E-state index in [0.29, 0.717) is 17.9 Å². The molecular formula is C15H24N2O3S. The maximum atomic E-state index is 12.5. The van der Waals surface area contributed by atoms with Gasteiger partial charge >= 0.3 is 0 Å². The van der Waals surface area contributed by atoms with E-state index in [1.54, 1.807) is 12.1 Å². The summed E-state index contributed by atoms with van der Waals surface area (Å²) in [6.45, 7) is 8.04. The van der Waals surface area contributed by atoms with Crippen molar-refractivity contribution in [3.63, 3.8) is 0 Å². The lowest BCUT2D eigenvalue weighted by atomic mass is 9.97. The summed E-state index contributed by atoms with van der Waals surface area (Å²) in [4.78, 5) is 0.295. The third-order valence-corrected chi connectivity index (χ3v) is 5.69. The maximum Gasteiger partial charge on any atom is 0.241 e. The lowest BCUT2D eigenvalue weighted by molar-refractivity contribution is 0.0957. The van der Waals surface area contributed by atoms with E-state index < -0.39 is 15.6 Å². The summed E-state index contributed by atoms with van der Waals surface area (Å²) in [6, 6.07) is 6.99. The van der Waals surface area contributed by atoms with Crippen molar-refractivity contribution in [2.45, 2.75) is 50.3 Å². The van der Waals surface area contributed by atoms with Crippen LogP contribution in [0.2, 0.25) is 0 Å².